The number of rotatable bonds is 7. The van der Waals surface area contributed by atoms with Gasteiger partial charge in [0, 0.05) is 13.0 Å². The summed E-state index contributed by atoms with van der Waals surface area (Å²) in [7, 11) is 0. The maximum absolute atomic E-state index is 12.6. The summed E-state index contributed by atoms with van der Waals surface area (Å²) in [4.78, 5) is 37.4. The molecule has 1 rings (SSSR count). The summed E-state index contributed by atoms with van der Waals surface area (Å²) < 4.78 is 10.8. The molecule has 0 aromatic carbocycles. The monoisotopic (exact) mass is 327 g/mol. The van der Waals surface area contributed by atoms with E-state index >= 15 is 0 Å². The second-order valence-electron chi connectivity index (χ2n) is 6.96. The van der Waals surface area contributed by atoms with E-state index in [1.54, 1.807) is 20.8 Å². The number of amides is 1. The second kappa shape index (κ2) is 8.31. The molecule has 6 heteroatoms. The van der Waals surface area contributed by atoms with Crippen molar-refractivity contribution < 1.29 is 23.9 Å². The first kappa shape index (κ1) is 19.5. The van der Waals surface area contributed by atoms with Gasteiger partial charge in [0.25, 0.3) is 0 Å². The summed E-state index contributed by atoms with van der Waals surface area (Å²) >= 11 is 0. The second-order valence-corrected chi connectivity index (χ2v) is 6.96. The number of unbranched alkanes of at least 4 members (excludes halogenated alkanes) is 1. The Morgan fingerprint density at radius 2 is 2.00 bits per heavy atom. The van der Waals surface area contributed by atoms with Crippen molar-refractivity contribution in [2.24, 2.45) is 0 Å². The van der Waals surface area contributed by atoms with E-state index in [-0.39, 0.29) is 12.8 Å². The van der Waals surface area contributed by atoms with Crippen molar-refractivity contribution in [2.75, 3.05) is 13.2 Å². The van der Waals surface area contributed by atoms with Gasteiger partial charge in [-0.3, -0.25) is 4.90 Å². The van der Waals surface area contributed by atoms with E-state index in [4.69, 9.17) is 9.47 Å². The fraction of sp³-hybridized carbons (Fsp3) is 0.824. The SMILES string of the molecule is CCCCOC(=O)[C@]1(CCC=O)CCCN1C(=O)OC(C)(C)C. The van der Waals surface area contributed by atoms with Crippen LogP contribution in [0.3, 0.4) is 0 Å². The average molecular weight is 327 g/mol. The van der Waals surface area contributed by atoms with E-state index in [0.29, 0.717) is 26.0 Å². The highest BCUT2D eigenvalue weighted by molar-refractivity contribution is 5.87. The van der Waals surface area contributed by atoms with E-state index in [1.165, 1.54) is 4.90 Å². The lowest BCUT2D eigenvalue weighted by Crippen LogP contribution is -2.55. The largest absolute Gasteiger partial charge is 0.464 e. The molecule has 0 spiro atoms. The zero-order chi connectivity index (χ0) is 17.5. The molecule has 1 aliphatic heterocycles. The zero-order valence-corrected chi connectivity index (χ0v) is 14.7. The molecule has 0 saturated carbocycles. The maximum atomic E-state index is 12.6. The molecule has 1 heterocycles. The summed E-state index contributed by atoms with van der Waals surface area (Å²) in [6.07, 6.45) is 3.64. The fourth-order valence-corrected chi connectivity index (χ4v) is 2.78. The van der Waals surface area contributed by atoms with Crippen molar-refractivity contribution in [1.82, 2.24) is 4.90 Å². The minimum absolute atomic E-state index is 0.210. The standard InChI is InChI=1S/C17H29NO5/c1-5-6-13-22-14(20)17(10-8-12-19)9-7-11-18(17)15(21)23-16(2,3)4/h12H,5-11,13H2,1-4H3/t17-/m1/s1. The molecule has 1 fully saturated rings. The van der Waals surface area contributed by atoms with Crippen LogP contribution in [0.4, 0.5) is 4.79 Å². The van der Waals surface area contributed by atoms with Gasteiger partial charge in [-0.25, -0.2) is 9.59 Å². The van der Waals surface area contributed by atoms with Crippen LogP contribution in [-0.2, 0) is 19.1 Å². The van der Waals surface area contributed by atoms with Crippen molar-refractivity contribution in [3.05, 3.63) is 0 Å². The van der Waals surface area contributed by atoms with Crippen molar-refractivity contribution in [2.45, 2.75) is 77.4 Å². The lowest BCUT2D eigenvalue weighted by Gasteiger charge is -2.36. The normalized spacial score (nSPS) is 21.1. The minimum Gasteiger partial charge on any atom is -0.464 e. The van der Waals surface area contributed by atoms with Gasteiger partial charge in [-0.05, 0) is 46.5 Å². The molecule has 1 saturated heterocycles. The zero-order valence-electron chi connectivity index (χ0n) is 14.7. The Kier molecular flexibility index (Phi) is 7.03. The van der Waals surface area contributed by atoms with E-state index in [0.717, 1.165) is 19.1 Å². The number of hydrogen-bond acceptors (Lipinski definition) is 5. The Balaban J connectivity index is 2.94. The number of carbonyl (C=O) groups is 3. The first-order valence-electron chi connectivity index (χ1n) is 8.38. The van der Waals surface area contributed by atoms with Gasteiger partial charge in [0.2, 0.25) is 0 Å². The van der Waals surface area contributed by atoms with Crippen LogP contribution in [-0.4, -0.2) is 47.5 Å². The van der Waals surface area contributed by atoms with Gasteiger partial charge in [-0.15, -0.1) is 0 Å². The lowest BCUT2D eigenvalue weighted by atomic mass is 9.90. The van der Waals surface area contributed by atoms with E-state index in [9.17, 15) is 14.4 Å². The number of aldehydes is 1. The molecule has 1 aliphatic rings. The maximum Gasteiger partial charge on any atom is 0.411 e. The first-order valence-corrected chi connectivity index (χ1v) is 8.38. The van der Waals surface area contributed by atoms with Gasteiger partial charge in [0.1, 0.15) is 17.4 Å². The highest BCUT2D eigenvalue weighted by Crippen LogP contribution is 2.36. The number of likely N-dealkylation sites (tertiary alicyclic amines) is 1. The molecule has 6 nitrogen and oxygen atoms in total. The van der Waals surface area contributed by atoms with Crippen molar-refractivity contribution in [3.63, 3.8) is 0 Å². The number of nitrogens with zero attached hydrogens (tertiary/aromatic N) is 1. The molecule has 0 aliphatic carbocycles. The summed E-state index contributed by atoms with van der Waals surface area (Å²) in [5.74, 6) is -0.420. The number of carbonyl (C=O) groups excluding carboxylic acids is 3. The predicted octanol–water partition coefficient (Wildman–Crippen LogP) is 3.08. The number of esters is 1. The van der Waals surface area contributed by atoms with Crippen LogP contribution in [0.5, 0.6) is 0 Å². The Morgan fingerprint density at radius 1 is 1.30 bits per heavy atom. The van der Waals surface area contributed by atoms with Crippen LogP contribution in [0.2, 0.25) is 0 Å². The molecule has 0 unspecified atom stereocenters. The van der Waals surface area contributed by atoms with E-state index in [1.807, 2.05) is 6.92 Å². The third kappa shape index (κ3) is 5.22. The molecule has 23 heavy (non-hydrogen) atoms. The summed E-state index contributed by atoms with van der Waals surface area (Å²) in [6.45, 7) is 8.14. The minimum atomic E-state index is -1.07. The highest BCUT2D eigenvalue weighted by atomic mass is 16.6. The molecule has 1 atom stereocenters. The molecule has 0 aromatic rings. The summed E-state index contributed by atoms with van der Waals surface area (Å²) in [5.41, 5.74) is -1.71. The molecule has 0 N–H and O–H groups in total. The van der Waals surface area contributed by atoms with Crippen molar-refractivity contribution in [1.29, 1.82) is 0 Å². The molecular formula is C17H29NO5. The highest BCUT2D eigenvalue weighted by Gasteiger charge is 2.51. The number of hydrogen-bond donors (Lipinski definition) is 0. The Bertz CT molecular complexity index is 429. The summed E-state index contributed by atoms with van der Waals surface area (Å²) in [6, 6.07) is 0. The van der Waals surface area contributed by atoms with Crippen LogP contribution in [0.15, 0.2) is 0 Å². The molecule has 132 valence electrons. The number of ether oxygens (including phenoxy) is 2. The van der Waals surface area contributed by atoms with Gasteiger partial charge in [-0.2, -0.15) is 0 Å². The van der Waals surface area contributed by atoms with Gasteiger partial charge >= 0.3 is 12.1 Å². The van der Waals surface area contributed by atoms with Gasteiger partial charge in [-0.1, -0.05) is 13.3 Å². The molecule has 1 amide bonds. The Hall–Kier alpha value is -1.59. The Morgan fingerprint density at radius 3 is 2.57 bits per heavy atom. The van der Waals surface area contributed by atoms with Crippen LogP contribution in [0, 0.1) is 0 Å². The van der Waals surface area contributed by atoms with Crippen molar-refractivity contribution >= 4 is 18.3 Å². The van der Waals surface area contributed by atoms with Crippen LogP contribution in [0.25, 0.3) is 0 Å². The third-order valence-electron chi connectivity index (χ3n) is 3.89. The Labute approximate surface area is 138 Å². The molecule has 0 radical (unpaired) electrons. The third-order valence-corrected chi connectivity index (χ3v) is 3.89. The molecular weight excluding hydrogens is 298 g/mol. The van der Waals surface area contributed by atoms with Gasteiger partial charge < -0.3 is 14.3 Å². The van der Waals surface area contributed by atoms with E-state index < -0.39 is 23.2 Å². The van der Waals surface area contributed by atoms with Gasteiger partial charge in [0.15, 0.2) is 0 Å². The van der Waals surface area contributed by atoms with E-state index in [2.05, 4.69) is 0 Å². The predicted molar refractivity (Wildman–Crippen MR) is 86.1 cm³/mol. The van der Waals surface area contributed by atoms with Crippen molar-refractivity contribution in [3.8, 4) is 0 Å². The topological polar surface area (TPSA) is 72.9 Å². The van der Waals surface area contributed by atoms with Crippen LogP contribution in [0.1, 0.15) is 66.2 Å². The fourth-order valence-electron chi connectivity index (χ4n) is 2.78. The summed E-state index contributed by atoms with van der Waals surface area (Å²) in [5, 5.41) is 0. The first-order chi connectivity index (χ1) is 10.8. The molecule has 0 aromatic heterocycles. The molecule has 0 bridgehead atoms. The van der Waals surface area contributed by atoms with Crippen LogP contribution < -0.4 is 0 Å². The van der Waals surface area contributed by atoms with Gasteiger partial charge in [0.05, 0.1) is 6.61 Å². The van der Waals surface area contributed by atoms with Crippen LogP contribution >= 0.6 is 0 Å². The lowest BCUT2D eigenvalue weighted by molar-refractivity contribution is -0.157. The quantitative estimate of drug-likeness (QED) is 0.408. The smallest absolute Gasteiger partial charge is 0.411 e. The average Bonchev–Trinajstić information content (AvgIpc) is 2.88.